The van der Waals surface area contributed by atoms with E-state index < -0.39 is 0 Å². The maximum absolute atomic E-state index is 9.12. The fourth-order valence-electron chi connectivity index (χ4n) is 1.37. The summed E-state index contributed by atoms with van der Waals surface area (Å²) >= 11 is 0. The van der Waals surface area contributed by atoms with Gasteiger partial charge in [-0.15, -0.1) is 0 Å². The lowest BCUT2D eigenvalue weighted by Crippen LogP contribution is -1.93. The summed E-state index contributed by atoms with van der Waals surface area (Å²) in [5.41, 5.74) is 1.11. The Balaban J connectivity index is 1.82. The van der Waals surface area contributed by atoms with Gasteiger partial charge >= 0.3 is 0 Å². The van der Waals surface area contributed by atoms with Gasteiger partial charge in [0.05, 0.1) is 0 Å². The van der Waals surface area contributed by atoms with Crippen LogP contribution in [-0.2, 0) is 6.42 Å². The second-order valence-electron chi connectivity index (χ2n) is 3.47. The van der Waals surface area contributed by atoms with Crippen molar-refractivity contribution in [1.82, 2.24) is 0 Å². The van der Waals surface area contributed by atoms with Crippen LogP contribution in [0.2, 0.25) is 0 Å². The third-order valence-corrected chi connectivity index (χ3v) is 2.22. The zero-order valence-electron chi connectivity index (χ0n) is 8.84. The standard InChI is InChI=1S/C14H13O2/c15-13-8-6-12(7-9-13)10-11-16-14-4-2-1-3-5-14/h1-9,11,15H,10H2. The lowest BCUT2D eigenvalue weighted by molar-refractivity contribution is 0.401. The summed E-state index contributed by atoms with van der Waals surface area (Å²) in [6.45, 7) is 1.75. The van der Waals surface area contributed by atoms with E-state index in [0.717, 1.165) is 17.7 Å². The van der Waals surface area contributed by atoms with Crippen LogP contribution in [-0.4, -0.2) is 5.11 Å². The molecular weight excluding hydrogens is 200 g/mol. The SMILES string of the molecule is Oc1ccc(C[CH]Oc2ccccc2)cc1. The van der Waals surface area contributed by atoms with E-state index in [9.17, 15) is 0 Å². The van der Waals surface area contributed by atoms with Gasteiger partial charge in [-0.25, -0.2) is 0 Å². The van der Waals surface area contributed by atoms with Crippen molar-refractivity contribution in [2.24, 2.45) is 0 Å². The van der Waals surface area contributed by atoms with E-state index >= 15 is 0 Å². The molecule has 0 fully saturated rings. The summed E-state index contributed by atoms with van der Waals surface area (Å²) in [4.78, 5) is 0. The number of rotatable bonds is 4. The second kappa shape index (κ2) is 5.21. The average molecular weight is 213 g/mol. The van der Waals surface area contributed by atoms with Gasteiger partial charge in [0.15, 0.2) is 0 Å². The van der Waals surface area contributed by atoms with Crippen molar-refractivity contribution < 1.29 is 9.84 Å². The highest BCUT2D eigenvalue weighted by Gasteiger charge is 1.96. The molecule has 2 heteroatoms. The van der Waals surface area contributed by atoms with Gasteiger partial charge in [0.1, 0.15) is 18.1 Å². The molecule has 1 N–H and O–H groups in total. The highest BCUT2D eigenvalue weighted by atomic mass is 16.5. The number of ether oxygens (including phenoxy) is 1. The molecule has 0 saturated carbocycles. The van der Waals surface area contributed by atoms with Crippen LogP contribution in [0.3, 0.4) is 0 Å². The number of hydrogen-bond donors (Lipinski definition) is 1. The van der Waals surface area contributed by atoms with E-state index in [1.165, 1.54) is 0 Å². The molecular formula is C14H13O2. The average Bonchev–Trinajstić information content (AvgIpc) is 2.33. The Morgan fingerprint density at radius 2 is 1.62 bits per heavy atom. The summed E-state index contributed by atoms with van der Waals surface area (Å²) in [5, 5.41) is 9.12. The lowest BCUT2D eigenvalue weighted by atomic mass is 10.1. The Bertz CT molecular complexity index is 420. The molecule has 2 rings (SSSR count). The van der Waals surface area contributed by atoms with Gasteiger partial charge in [0, 0.05) is 6.42 Å². The highest BCUT2D eigenvalue weighted by Crippen LogP contribution is 2.13. The molecule has 1 radical (unpaired) electrons. The zero-order valence-corrected chi connectivity index (χ0v) is 8.84. The molecule has 0 aliphatic rings. The smallest absolute Gasteiger partial charge is 0.140 e. The fraction of sp³-hybridized carbons (Fsp3) is 0.0714. The van der Waals surface area contributed by atoms with Crippen LogP contribution in [0.1, 0.15) is 5.56 Å². The molecule has 0 unspecified atom stereocenters. The Morgan fingerprint density at radius 3 is 2.31 bits per heavy atom. The molecule has 0 aromatic heterocycles. The van der Waals surface area contributed by atoms with E-state index in [0.29, 0.717) is 0 Å². The summed E-state index contributed by atoms with van der Waals surface area (Å²) < 4.78 is 5.45. The topological polar surface area (TPSA) is 29.5 Å². The van der Waals surface area contributed by atoms with E-state index in [1.807, 2.05) is 42.5 Å². The first-order valence-corrected chi connectivity index (χ1v) is 5.16. The first-order valence-electron chi connectivity index (χ1n) is 5.16. The second-order valence-corrected chi connectivity index (χ2v) is 3.47. The lowest BCUT2D eigenvalue weighted by Gasteiger charge is -2.04. The Kier molecular flexibility index (Phi) is 3.44. The molecule has 0 heterocycles. The number of para-hydroxylation sites is 1. The molecule has 0 atom stereocenters. The van der Waals surface area contributed by atoms with Gasteiger partial charge in [0.25, 0.3) is 0 Å². The molecule has 2 nitrogen and oxygen atoms in total. The highest BCUT2D eigenvalue weighted by molar-refractivity contribution is 5.27. The van der Waals surface area contributed by atoms with Crippen molar-refractivity contribution in [1.29, 1.82) is 0 Å². The van der Waals surface area contributed by atoms with Gasteiger partial charge < -0.3 is 9.84 Å². The summed E-state index contributed by atoms with van der Waals surface area (Å²) in [6.07, 6.45) is 0.717. The van der Waals surface area contributed by atoms with Crippen molar-refractivity contribution in [3.8, 4) is 11.5 Å². The minimum atomic E-state index is 0.285. The maximum atomic E-state index is 9.12. The van der Waals surface area contributed by atoms with Gasteiger partial charge in [-0.3, -0.25) is 0 Å². The van der Waals surface area contributed by atoms with E-state index in [1.54, 1.807) is 18.7 Å². The van der Waals surface area contributed by atoms with Crippen LogP contribution >= 0.6 is 0 Å². The van der Waals surface area contributed by atoms with Gasteiger partial charge in [-0.1, -0.05) is 30.3 Å². The monoisotopic (exact) mass is 213 g/mol. The third kappa shape index (κ3) is 3.02. The number of phenols is 1. The summed E-state index contributed by atoms with van der Waals surface area (Å²) in [7, 11) is 0. The van der Waals surface area contributed by atoms with Crippen molar-refractivity contribution >= 4 is 0 Å². The fourth-order valence-corrected chi connectivity index (χ4v) is 1.37. The normalized spacial score (nSPS) is 10.0. The van der Waals surface area contributed by atoms with Gasteiger partial charge in [0.2, 0.25) is 0 Å². The summed E-state index contributed by atoms with van der Waals surface area (Å²) in [5.74, 6) is 1.12. The quantitative estimate of drug-likeness (QED) is 0.845. The van der Waals surface area contributed by atoms with Crippen molar-refractivity contribution in [2.45, 2.75) is 6.42 Å². The van der Waals surface area contributed by atoms with Crippen molar-refractivity contribution in [2.75, 3.05) is 0 Å². The Morgan fingerprint density at radius 1 is 0.938 bits per heavy atom. The van der Waals surface area contributed by atoms with Gasteiger partial charge in [-0.05, 0) is 29.8 Å². The number of benzene rings is 2. The largest absolute Gasteiger partial charge is 0.508 e. The Labute approximate surface area is 95.1 Å². The minimum absolute atomic E-state index is 0.285. The third-order valence-electron chi connectivity index (χ3n) is 2.22. The molecule has 0 amide bonds. The van der Waals surface area contributed by atoms with Crippen molar-refractivity contribution in [3.63, 3.8) is 0 Å². The predicted octanol–water partition coefficient (Wildman–Crippen LogP) is 3.18. The zero-order chi connectivity index (χ0) is 11.2. The van der Waals surface area contributed by atoms with Crippen LogP contribution in [0.5, 0.6) is 11.5 Å². The number of aromatic hydroxyl groups is 1. The molecule has 0 spiro atoms. The Hall–Kier alpha value is -1.96. The number of phenolic OH excluding ortho intramolecular Hbond substituents is 1. The first-order chi connectivity index (χ1) is 7.84. The van der Waals surface area contributed by atoms with Crippen molar-refractivity contribution in [3.05, 3.63) is 66.8 Å². The van der Waals surface area contributed by atoms with Crippen LogP contribution < -0.4 is 4.74 Å². The van der Waals surface area contributed by atoms with Gasteiger partial charge in [-0.2, -0.15) is 0 Å². The van der Waals surface area contributed by atoms with Crippen LogP contribution in [0, 0.1) is 6.61 Å². The molecule has 16 heavy (non-hydrogen) atoms. The van der Waals surface area contributed by atoms with Crippen LogP contribution in [0.15, 0.2) is 54.6 Å². The molecule has 81 valence electrons. The molecule has 0 aliphatic heterocycles. The van der Waals surface area contributed by atoms with Crippen LogP contribution in [0.4, 0.5) is 0 Å². The maximum Gasteiger partial charge on any atom is 0.140 e. The van der Waals surface area contributed by atoms with E-state index in [-0.39, 0.29) is 5.75 Å². The number of hydrogen-bond acceptors (Lipinski definition) is 2. The molecule has 2 aromatic carbocycles. The molecule has 0 saturated heterocycles. The minimum Gasteiger partial charge on any atom is -0.508 e. The predicted molar refractivity (Wildman–Crippen MR) is 63.2 cm³/mol. The van der Waals surface area contributed by atoms with E-state index in [2.05, 4.69) is 0 Å². The van der Waals surface area contributed by atoms with Crippen LogP contribution in [0.25, 0.3) is 0 Å². The summed E-state index contributed by atoms with van der Waals surface area (Å²) in [6, 6.07) is 16.7. The van der Waals surface area contributed by atoms with E-state index in [4.69, 9.17) is 9.84 Å². The molecule has 2 aromatic rings. The molecule has 0 aliphatic carbocycles. The first kappa shape index (κ1) is 10.6. The molecule has 0 bridgehead atoms.